The number of hydrogen-bond acceptors (Lipinski definition) is 10. The van der Waals surface area contributed by atoms with Crippen LogP contribution in [0.2, 0.25) is 0 Å². The van der Waals surface area contributed by atoms with Gasteiger partial charge in [-0.3, -0.25) is 9.59 Å². The lowest BCUT2D eigenvalue weighted by Gasteiger charge is -2.02. The molecular formula is C14H12N4O8. The van der Waals surface area contributed by atoms with Gasteiger partial charge in [0.25, 0.3) is 11.8 Å². The Labute approximate surface area is 145 Å². The molecule has 136 valence electrons. The monoisotopic (exact) mass is 364 g/mol. The second-order valence-corrected chi connectivity index (χ2v) is 4.41. The summed E-state index contributed by atoms with van der Waals surface area (Å²) in [6, 6.07) is 2.79. The van der Waals surface area contributed by atoms with Crippen molar-refractivity contribution >= 4 is 35.4 Å². The number of carbonyl (C=O) groups excluding carboxylic acids is 4. The molecule has 2 N–H and O–H groups in total. The van der Waals surface area contributed by atoms with Gasteiger partial charge in [0.1, 0.15) is 12.5 Å². The van der Waals surface area contributed by atoms with Gasteiger partial charge in [-0.15, -0.1) is 0 Å². The lowest BCUT2D eigenvalue weighted by Crippen LogP contribution is -2.21. The van der Waals surface area contributed by atoms with Crippen LogP contribution < -0.4 is 10.6 Å². The fourth-order valence-electron chi connectivity index (χ4n) is 1.42. The van der Waals surface area contributed by atoms with Crippen molar-refractivity contribution in [2.75, 3.05) is 23.8 Å². The summed E-state index contributed by atoms with van der Waals surface area (Å²) in [6.45, 7) is -1.18. The number of nitrogens with one attached hydrogen (secondary N) is 2. The van der Waals surface area contributed by atoms with Gasteiger partial charge in [0.05, 0.1) is 0 Å². The Bertz CT molecular complexity index is 716. The summed E-state index contributed by atoms with van der Waals surface area (Å²) < 4.78 is 18.2. The van der Waals surface area contributed by atoms with Gasteiger partial charge in [-0.25, -0.2) is 9.59 Å². The van der Waals surface area contributed by atoms with Crippen LogP contribution in [0.4, 0.5) is 11.6 Å². The largest absolute Gasteiger partial charge is 0.452 e. The predicted molar refractivity (Wildman–Crippen MR) is 81.3 cm³/mol. The number of esters is 2. The van der Waals surface area contributed by atoms with Crippen molar-refractivity contribution in [2.45, 2.75) is 0 Å². The van der Waals surface area contributed by atoms with Crippen molar-refractivity contribution in [1.82, 2.24) is 10.3 Å². The average Bonchev–Trinajstić information content (AvgIpc) is 3.30. The van der Waals surface area contributed by atoms with E-state index in [4.69, 9.17) is 0 Å². The minimum atomic E-state index is -0.954. The molecule has 0 aliphatic rings. The minimum Gasteiger partial charge on any atom is -0.452 e. The highest BCUT2D eigenvalue weighted by molar-refractivity contribution is 5.96. The molecule has 0 atom stereocenters. The molecule has 2 amide bonds. The van der Waals surface area contributed by atoms with Crippen molar-refractivity contribution in [2.24, 2.45) is 0 Å². The maximum Gasteiger partial charge on any atom is 0.331 e. The first-order valence-electron chi connectivity index (χ1n) is 6.95. The van der Waals surface area contributed by atoms with E-state index < -0.39 is 37.0 Å². The quantitative estimate of drug-likeness (QED) is 0.477. The Hall–Kier alpha value is -3.96. The third-order valence-electron chi connectivity index (χ3n) is 2.46. The predicted octanol–water partition coefficient (Wildman–Crippen LogP) is -0.118. The van der Waals surface area contributed by atoms with E-state index in [2.05, 4.69) is 39.5 Å². The van der Waals surface area contributed by atoms with E-state index in [1.54, 1.807) is 0 Å². The van der Waals surface area contributed by atoms with E-state index in [1.165, 1.54) is 24.7 Å². The Balaban J connectivity index is 1.62. The summed E-state index contributed by atoms with van der Waals surface area (Å²) in [5, 5.41) is 11.5. The number of anilines is 2. The smallest absolute Gasteiger partial charge is 0.331 e. The fraction of sp³-hybridized carbons (Fsp3) is 0.143. The highest BCUT2D eigenvalue weighted by Crippen LogP contribution is 2.01. The molecule has 0 aliphatic carbocycles. The zero-order valence-corrected chi connectivity index (χ0v) is 13.0. The van der Waals surface area contributed by atoms with Gasteiger partial charge in [-0.1, -0.05) is 10.3 Å². The molecule has 2 rings (SSSR count). The lowest BCUT2D eigenvalue weighted by molar-refractivity contribution is -0.144. The van der Waals surface area contributed by atoms with Gasteiger partial charge >= 0.3 is 11.9 Å². The van der Waals surface area contributed by atoms with Gasteiger partial charge in [0.15, 0.2) is 24.8 Å². The molecule has 0 unspecified atom stereocenters. The topological polar surface area (TPSA) is 163 Å². The molecule has 0 saturated carbocycles. The van der Waals surface area contributed by atoms with Gasteiger partial charge < -0.3 is 29.2 Å². The van der Waals surface area contributed by atoms with Crippen molar-refractivity contribution in [3.63, 3.8) is 0 Å². The van der Waals surface area contributed by atoms with Crippen LogP contribution in [0.15, 0.2) is 45.9 Å². The number of aromatic nitrogens is 2. The Morgan fingerprint density at radius 1 is 0.846 bits per heavy atom. The first-order valence-corrected chi connectivity index (χ1v) is 6.95. The summed E-state index contributed by atoms with van der Waals surface area (Å²) in [5.74, 6) is -2.88. The molecule has 0 bridgehead atoms. The van der Waals surface area contributed by atoms with Crippen LogP contribution in [0.1, 0.15) is 0 Å². The van der Waals surface area contributed by atoms with E-state index in [-0.39, 0.29) is 11.6 Å². The maximum absolute atomic E-state index is 11.4. The van der Waals surface area contributed by atoms with E-state index in [1.807, 2.05) is 0 Å². The van der Waals surface area contributed by atoms with Gasteiger partial charge in [0.2, 0.25) is 0 Å². The Kier molecular flexibility index (Phi) is 6.62. The van der Waals surface area contributed by atoms with Gasteiger partial charge in [-0.05, 0) is 0 Å². The summed E-state index contributed by atoms with van der Waals surface area (Å²) >= 11 is 0. The summed E-state index contributed by atoms with van der Waals surface area (Å²) in [7, 11) is 0. The van der Waals surface area contributed by atoms with Crippen LogP contribution in [-0.2, 0) is 28.7 Å². The molecule has 26 heavy (non-hydrogen) atoms. The van der Waals surface area contributed by atoms with E-state index in [0.29, 0.717) is 0 Å². The van der Waals surface area contributed by atoms with Crippen molar-refractivity contribution in [3.05, 3.63) is 36.8 Å². The fourth-order valence-corrected chi connectivity index (χ4v) is 1.42. The molecule has 2 heterocycles. The average molecular weight is 364 g/mol. The number of nitrogens with zero attached hydrogens (tertiary/aromatic N) is 2. The Morgan fingerprint density at radius 2 is 1.27 bits per heavy atom. The third kappa shape index (κ3) is 6.66. The molecule has 0 radical (unpaired) electrons. The Morgan fingerprint density at radius 3 is 1.62 bits per heavy atom. The van der Waals surface area contributed by atoms with Crippen molar-refractivity contribution < 1.29 is 37.7 Å². The number of amides is 2. The number of ether oxygens (including phenoxy) is 2. The first kappa shape index (κ1) is 18.4. The standard InChI is InChI=1S/C14H12N4O8/c19-11(15-9-3-5-25-17-9)7-23-13(21)1-2-14(22)24-8-12(20)16-10-4-6-26-18-10/h1-6H,7-8H2,(H,15,17,19)(H,16,18,20)/b2-1+. The molecular weight excluding hydrogens is 352 g/mol. The summed E-state index contributed by atoms with van der Waals surface area (Å²) in [5.41, 5.74) is 0. The van der Waals surface area contributed by atoms with Crippen LogP contribution in [-0.4, -0.2) is 47.3 Å². The number of rotatable bonds is 8. The summed E-state index contributed by atoms with van der Waals surface area (Å²) in [4.78, 5) is 45.6. The zero-order valence-electron chi connectivity index (χ0n) is 13.0. The zero-order chi connectivity index (χ0) is 18.8. The highest BCUT2D eigenvalue weighted by Gasteiger charge is 2.09. The van der Waals surface area contributed by atoms with Crippen LogP contribution in [0.25, 0.3) is 0 Å². The first-order chi connectivity index (χ1) is 12.5. The molecule has 2 aromatic heterocycles. The second kappa shape index (κ2) is 9.36. The molecule has 12 nitrogen and oxygen atoms in total. The van der Waals surface area contributed by atoms with Gasteiger partial charge in [0, 0.05) is 24.3 Å². The molecule has 12 heteroatoms. The molecule has 2 aromatic rings. The van der Waals surface area contributed by atoms with E-state index in [0.717, 1.165) is 12.2 Å². The van der Waals surface area contributed by atoms with Crippen LogP contribution in [0, 0.1) is 0 Å². The van der Waals surface area contributed by atoms with Gasteiger partial charge in [-0.2, -0.15) is 0 Å². The maximum atomic E-state index is 11.4. The van der Waals surface area contributed by atoms with Crippen molar-refractivity contribution in [1.29, 1.82) is 0 Å². The lowest BCUT2D eigenvalue weighted by atomic mass is 10.5. The molecule has 0 saturated heterocycles. The number of carbonyl (C=O) groups is 4. The summed E-state index contributed by atoms with van der Waals surface area (Å²) in [6.07, 6.45) is 4.01. The molecule has 0 spiro atoms. The highest BCUT2D eigenvalue weighted by atomic mass is 16.5. The van der Waals surface area contributed by atoms with Crippen molar-refractivity contribution in [3.8, 4) is 0 Å². The minimum absolute atomic E-state index is 0.161. The SMILES string of the molecule is O=C(COC(=O)/C=C/C(=O)OCC(=O)Nc1ccon1)Nc1ccon1. The normalized spacial score (nSPS) is 10.3. The second-order valence-electron chi connectivity index (χ2n) is 4.41. The van der Waals surface area contributed by atoms with Crippen LogP contribution in [0.5, 0.6) is 0 Å². The number of hydrogen-bond donors (Lipinski definition) is 2. The molecule has 0 aliphatic heterocycles. The van der Waals surface area contributed by atoms with E-state index in [9.17, 15) is 19.2 Å². The van der Waals surface area contributed by atoms with Crippen LogP contribution in [0.3, 0.4) is 0 Å². The van der Waals surface area contributed by atoms with Crippen LogP contribution >= 0.6 is 0 Å². The molecule has 0 fully saturated rings. The third-order valence-corrected chi connectivity index (χ3v) is 2.46. The molecule has 0 aromatic carbocycles. The van der Waals surface area contributed by atoms with E-state index >= 15 is 0 Å².